The Balaban J connectivity index is 2.13. The fraction of sp³-hybridized carbons (Fsp3) is 0.250. The molecule has 0 atom stereocenters. The molecule has 3 rings (SSSR count). The van der Waals surface area contributed by atoms with Gasteiger partial charge in [0.2, 0.25) is 0 Å². The molecule has 0 unspecified atom stereocenters. The Morgan fingerprint density at radius 3 is 2.82 bits per heavy atom. The Kier molecular flexibility index (Phi) is 2.35. The van der Waals surface area contributed by atoms with Crippen molar-refractivity contribution < 1.29 is 0 Å². The van der Waals surface area contributed by atoms with Crippen molar-refractivity contribution in [2.24, 2.45) is 0 Å². The molecule has 5 heteroatoms. The standard InChI is InChI=1S/C12H11N5/c13-5-11-12(15-8-6-14-7-8)9-3-1-2-4-10(9)16-17-11/h1-4,8,14H,6-7H2,(H,15,16). The van der Waals surface area contributed by atoms with E-state index in [0.29, 0.717) is 11.7 Å². The number of anilines is 1. The summed E-state index contributed by atoms with van der Waals surface area (Å²) in [7, 11) is 0. The van der Waals surface area contributed by atoms with Gasteiger partial charge in [0.1, 0.15) is 6.07 Å². The second kappa shape index (κ2) is 4.00. The fourth-order valence-corrected chi connectivity index (χ4v) is 1.87. The maximum Gasteiger partial charge on any atom is 0.186 e. The van der Waals surface area contributed by atoms with E-state index in [2.05, 4.69) is 26.9 Å². The van der Waals surface area contributed by atoms with Gasteiger partial charge in [-0.15, -0.1) is 10.2 Å². The number of hydrogen-bond donors (Lipinski definition) is 2. The summed E-state index contributed by atoms with van der Waals surface area (Å²) in [5.74, 6) is 0. The summed E-state index contributed by atoms with van der Waals surface area (Å²) < 4.78 is 0. The minimum absolute atomic E-state index is 0.357. The highest BCUT2D eigenvalue weighted by molar-refractivity contribution is 5.92. The molecule has 84 valence electrons. The van der Waals surface area contributed by atoms with Crippen molar-refractivity contribution in [3.05, 3.63) is 30.0 Å². The van der Waals surface area contributed by atoms with Gasteiger partial charge in [-0.25, -0.2) is 0 Å². The summed E-state index contributed by atoms with van der Waals surface area (Å²) in [5.41, 5.74) is 1.96. The van der Waals surface area contributed by atoms with E-state index in [9.17, 15) is 0 Å². The van der Waals surface area contributed by atoms with Crippen molar-refractivity contribution in [1.29, 1.82) is 5.26 Å². The lowest BCUT2D eigenvalue weighted by Crippen LogP contribution is -2.51. The average Bonchev–Trinajstić information content (AvgIpc) is 2.33. The summed E-state index contributed by atoms with van der Waals surface area (Å²) >= 11 is 0. The topological polar surface area (TPSA) is 73.6 Å². The molecule has 0 spiro atoms. The third-order valence-electron chi connectivity index (χ3n) is 2.90. The van der Waals surface area contributed by atoms with Gasteiger partial charge in [-0.3, -0.25) is 0 Å². The first-order valence-corrected chi connectivity index (χ1v) is 5.51. The SMILES string of the molecule is N#Cc1nnc2ccccc2c1NC1CNC1. The first kappa shape index (κ1) is 10.00. The maximum absolute atomic E-state index is 9.07. The Morgan fingerprint density at radius 1 is 1.29 bits per heavy atom. The quantitative estimate of drug-likeness (QED) is 0.793. The van der Waals surface area contributed by atoms with E-state index in [0.717, 1.165) is 29.7 Å². The normalized spacial score (nSPS) is 15.2. The van der Waals surface area contributed by atoms with Crippen LogP contribution in [0.25, 0.3) is 10.9 Å². The predicted molar refractivity (Wildman–Crippen MR) is 64.5 cm³/mol. The van der Waals surface area contributed by atoms with Gasteiger partial charge in [0.15, 0.2) is 5.69 Å². The zero-order valence-electron chi connectivity index (χ0n) is 9.14. The molecule has 0 saturated carbocycles. The number of aromatic nitrogens is 2. The number of nitrogens with one attached hydrogen (secondary N) is 2. The average molecular weight is 225 g/mol. The Hall–Kier alpha value is -2.19. The molecule has 0 amide bonds. The van der Waals surface area contributed by atoms with Crippen molar-refractivity contribution >= 4 is 16.6 Å². The van der Waals surface area contributed by atoms with E-state index in [1.165, 1.54) is 0 Å². The molecule has 2 aromatic rings. The maximum atomic E-state index is 9.07. The Bertz CT molecular complexity index is 597. The Labute approximate surface area is 98.5 Å². The molecule has 5 nitrogen and oxygen atoms in total. The fourth-order valence-electron chi connectivity index (χ4n) is 1.87. The van der Waals surface area contributed by atoms with E-state index in [1.54, 1.807) is 0 Å². The first-order valence-electron chi connectivity index (χ1n) is 5.51. The molecule has 17 heavy (non-hydrogen) atoms. The highest BCUT2D eigenvalue weighted by atomic mass is 15.1. The van der Waals surface area contributed by atoms with E-state index in [1.807, 2.05) is 24.3 Å². The minimum Gasteiger partial charge on any atom is -0.377 e. The Morgan fingerprint density at radius 2 is 2.12 bits per heavy atom. The van der Waals surface area contributed by atoms with E-state index in [4.69, 9.17) is 5.26 Å². The molecule has 0 bridgehead atoms. The van der Waals surface area contributed by atoms with Crippen LogP contribution >= 0.6 is 0 Å². The molecule has 1 aliphatic rings. The number of nitriles is 1. The molecule has 1 saturated heterocycles. The highest BCUT2D eigenvalue weighted by Gasteiger charge is 2.19. The third kappa shape index (κ3) is 1.69. The molecular formula is C12H11N5. The van der Waals surface area contributed by atoms with Gasteiger partial charge < -0.3 is 10.6 Å². The number of rotatable bonds is 2. The monoisotopic (exact) mass is 225 g/mol. The summed E-state index contributed by atoms with van der Waals surface area (Å²) in [6.07, 6.45) is 0. The van der Waals surface area contributed by atoms with Crippen LogP contribution in [0.15, 0.2) is 24.3 Å². The molecule has 0 aliphatic carbocycles. The van der Waals surface area contributed by atoms with Gasteiger partial charge in [-0.1, -0.05) is 18.2 Å². The van der Waals surface area contributed by atoms with Crippen molar-refractivity contribution in [3.63, 3.8) is 0 Å². The molecule has 0 radical (unpaired) electrons. The second-order valence-electron chi connectivity index (χ2n) is 4.05. The van der Waals surface area contributed by atoms with E-state index in [-0.39, 0.29) is 0 Å². The number of fused-ring (bicyclic) bond motifs is 1. The zero-order valence-corrected chi connectivity index (χ0v) is 9.14. The lowest BCUT2D eigenvalue weighted by Gasteiger charge is -2.29. The van der Waals surface area contributed by atoms with E-state index >= 15 is 0 Å². The van der Waals surface area contributed by atoms with Crippen LogP contribution < -0.4 is 10.6 Å². The lowest BCUT2D eigenvalue weighted by molar-refractivity contribution is 0.472. The smallest absolute Gasteiger partial charge is 0.186 e. The van der Waals surface area contributed by atoms with Crippen molar-refractivity contribution in [2.45, 2.75) is 6.04 Å². The van der Waals surface area contributed by atoms with Crippen LogP contribution in [0, 0.1) is 11.3 Å². The van der Waals surface area contributed by atoms with Gasteiger partial charge in [0.05, 0.1) is 17.2 Å². The van der Waals surface area contributed by atoms with Crippen LogP contribution in [-0.2, 0) is 0 Å². The number of hydrogen-bond acceptors (Lipinski definition) is 5. The minimum atomic E-state index is 0.357. The molecule has 2 heterocycles. The largest absolute Gasteiger partial charge is 0.377 e. The predicted octanol–water partition coefficient (Wildman–Crippen LogP) is 0.885. The van der Waals surface area contributed by atoms with Crippen LogP contribution in [0.1, 0.15) is 5.69 Å². The van der Waals surface area contributed by atoms with Gasteiger partial charge in [-0.05, 0) is 6.07 Å². The molecule has 1 aromatic heterocycles. The number of nitrogens with zero attached hydrogens (tertiary/aromatic N) is 3. The summed E-state index contributed by atoms with van der Waals surface area (Å²) in [6, 6.07) is 10.2. The van der Waals surface area contributed by atoms with E-state index < -0.39 is 0 Å². The molecule has 1 aliphatic heterocycles. The summed E-state index contributed by atoms with van der Waals surface area (Å²) in [5, 5.41) is 24.5. The van der Waals surface area contributed by atoms with Crippen LogP contribution in [0.2, 0.25) is 0 Å². The molecule has 1 fully saturated rings. The van der Waals surface area contributed by atoms with Crippen LogP contribution in [0.5, 0.6) is 0 Å². The molecular weight excluding hydrogens is 214 g/mol. The second-order valence-corrected chi connectivity index (χ2v) is 4.05. The third-order valence-corrected chi connectivity index (χ3v) is 2.90. The van der Waals surface area contributed by atoms with Gasteiger partial charge in [0, 0.05) is 18.5 Å². The summed E-state index contributed by atoms with van der Waals surface area (Å²) in [6.45, 7) is 1.84. The molecule has 1 aromatic carbocycles. The number of benzene rings is 1. The van der Waals surface area contributed by atoms with Gasteiger partial charge in [0.25, 0.3) is 0 Å². The van der Waals surface area contributed by atoms with Crippen molar-refractivity contribution in [1.82, 2.24) is 15.5 Å². The van der Waals surface area contributed by atoms with Gasteiger partial charge in [-0.2, -0.15) is 5.26 Å². The zero-order chi connectivity index (χ0) is 11.7. The summed E-state index contributed by atoms with van der Waals surface area (Å²) in [4.78, 5) is 0. The van der Waals surface area contributed by atoms with Gasteiger partial charge >= 0.3 is 0 Å². The van der Waals surface area contributed by atoms with Crippen molar-refractivity contribution in [3.8, 4) is 6.07 Å². The first-order chi connectivity index (χ1) is 8.38. The molecule has 2 N–H and O–H groups in total. The van der Waals surface area contributed by atoms with Crippen LogP contribution in [0.4, 0.5) is 5.69 Å². The lowest BCUT2D eigenvalue weighted by atomic mass is 10.1. The van der Waals surface area contributed by atoms with Crippen molar-refractivity contribution in [2.75, 3.05) is 18.4 Å². The highest BCUT2D eigenvalue weighted by Crippen LogP contribution is 2.24. The van der Waals surface area contributed by atoms with Crippen LogP contribution in [-0.4, -0.2) is 29.3 Å². The van der Waals surface area contributed by atoms with Crippen LogP contribution in [0.3, 0.4) is 0 Å².